The number of carbonyl (C=O) groups is 1. The summed E-state index contributed by atoms with van der Waals surface area (Å²) in [5, 5.41) is 0. The van der Waals surface area contributed by atoms with E-state index < -0.39 is 0 Å². The minimum atomic E-state index is 0. The molecule has 1 amide bonds. The monoisotopic (exact) mass is 413 g/mol. The van der Waals surface area contributed by atoms with Crippen molar-refractivity contribution in [3.63, 3.8) is 0 Å². The summed E-state index contributed by atoms with van der Waals surface area (Å²) >= 11 is 2.19. The molecule has 20 heavy (non-hydrogen) atoms. The minimum Gasteiger partial charge on any atom is -0.378 e. The molecule has 0 bridgehead atoms. The molecule has 0 aliphatic carbocycles. The van der Waals surface area contributed by atoms with Gasteiger partial charge in [-0.1, -0.05) is 0 Å². The van der Waals surface area contributed by atoms with Gasteiger partial charge in [0.15, 0.2) is 0 Å². The van der Waals surface area contributed by atoms with E-state index in [1.54, 1.807) is 0 Å². The smallest absolute Gasteiger partial charge is 0.270 e. The van der Waals surface area contributed by atoms with Gasteiger partial charge in [0.1, 0.15) is 5.69 Å². The molecule has 1 fully saturated rings. The number of hydrogen-bond donors (Lipinski definition) is 2. The van der Waals surface area contributed by atoms with Gasteiger partial charge in [-0.25, -0.2) is 0 Å². The van der Waals surface area contributed by atoms with E-state index in [0.29, 0.717) is 12.2 Å². The summed E-state index contributed by atoms with van der Waals surface area (Å²) < 4.78 is 6.79. The fourth-order valence-electron chi connectivity index (χ4n) is 2.22. The summed E-state index contributed by atoms with van der Waals surface area (Å²) in [7, 11) is 0. The van der Waals surface area contributed by atoms with Crippen LogP contribution in [0.2, 0.25) is 0 Å². The normalized spacial score (nSPS) is 16.0. The molecule has 1 aliphatic rings. The average Bonchev–Trinajstić information content (AvgIpc) is 2.86. The van der Waals surface area contributed by atoms with E-state index in [2.05, 4.69) is 27.6 Å². The third-order valence-electron chi connectivity index (χ3n) is 3.31. The minimum absolute atomic E-state index is 0. The molecule has 1 aliphatic heterocycles. The van der Waals surface area contributed by atoms with E-state index in [1.165, 1.54) is 0 Å². The molecular formula is C13H21ClIN3O2. The SMILES string of the molecule is Cl.NCCCOC1CCN(C(=O)c2cc(I)c[nH]2)CC1. The molecule has 2 heterocycles. The van der Waals surface area contributed by atoms with Gasteiger partial charge in [0.2, 0.25) is 0 Å². The molecule has 0 spiro atoms. The highest BCUT2D eigenvalue weighted by Gasteiger charge is 2.24. The van der Waals surface area contributed by atoms with Crippen LogP contribution in [0.25, 0.3) is 0 Å². The van der Waals surface area contributed by atoms with Gasteiger partial charge in [-0.15, -0.1) is 12.4 Å². The molecule has 0 aromatic carbocycles. The molecule has 1 saturated heterocycles. The van der Waals surface area contributed by atoms with Crippen LogP contribution in [0.4, 0.5) is 0 Å². The zero-order valence-electron chi connectivity index (χ0n) is 11.3. The van der Waals surface area contributed by atoms with E-state index in [0.717, 1.165) is 42.5 Å². The number of amides is 1. The lowest BCUT2D eigenvalue weighted by atomic mass is 10.1. The molecule has 5 nitrogen and oxygen atoms in total. The van der Waals surface area contributed by atoms with Gasteiger partial charge in [-0.2, -0.15) is 0 Å². The Bertz CT molecular complexity index is 420. The van der Waals surface area contributed by atoms with Crippen LogP contribution in [0.3, 0.4) is 0 Å². The number of ether oxygens (including phenoxy) is 1. The van der Waals surface area contributed by atoms with Crippen LogP contribution in [-0.2, 0) is 4.74 Å². The Morgan fingerprint density at radius 1 is 1.50 bits per heavy atom. The molecular weight excluding hydrogens is 393 g/mol. The first-order valence-corrected chi connectivity index (χ1v) is 7.73. The number of nitrogens with one attached hydrogen (secondary N) is 1. The number of carbonyl (C=O) groups excluding carboxylic acids is 1. The molecule has 1 aromatic heterocycles. The van der Waals surface area contributed by atoms with Crippen molar-refractivity contribution in [2.24, 2.45) is 5.73 Å². The predicted octanol–water partition coefficient (Wildman–Crippen LogP) is 2.01. The molecule has 2 rings (SSSR count). The number of H-pyrrole nitrogens is 1. The van der Waals surface area contributed by atoms with Crippen LogP contribution in [-0.4, -0.2) is 48.1 Å². The third-order valence-corrected chi connectivity index (χ3v) is 3.93. The van der Waals surface area contributed by atoms with E-state index >= 15 is 0 Å². The maximum Gasteiger partial charge on any atom is 0.270 e. The molecule has 0 unspecified atom stereocenters. The number of piperidine rings is 1. The number of aromatic nitrogens is 1. The number of halogens is 2. The fourth-order valence-corrected chi connectivity index (χ4v) is 2.69. The summed E-state index contributed by atoms with van der Waals surface area (Å²) in [6.07, 6.45) is 4.85. The van der Waals surface area contributed by atoms with Gasteiger partial charge in [-0.3, -0.25) is 4.79 Å². The van der Waals surface area contributed by atoms with Crippen molar-refractivity contribution in [3.05, 3.63) is 21.5 Å². The Hall–Kier alpha value is -0.310. The van der Waals surface area contributed by atoms with E-state index in [4.69, 9.17) is 10.5 Å². The molecule has 0 radical (unpaired) electrons. The van der Waals surface area contributed by atoms with Crippen LogP contribution < -0.4 is 5.73 Å². The number of nitrogens with zero attached hydrogens (tertiary/aromatic N) is 1. The van der Waals surface area contributed by atoms with Crippen molar-refractivity contribution in [2.45, 2.75) is 25.4 Å². The summed E-state index contributed by atoms with van der Waals surface area (Å²) in [5.41, 5.74) is 6.11. The molecule has 0 atom stereocenters. The Morgan fingerprint density at radius 2 is 2.20 bits per heavy atom. The highest BCUT2D eigenvalue weighted by atomic mass is 127. The maximum atomic E-state index is 12.2. The van der Waals surface area contributed by atoms with E-state index in [9.17, 15) is 4.79 Å². The zero-order valence-corrected chi connectivity index (χ0v) is 14.3. The number of hydrogen-bond acceptors (Lipinski definition) is 3. The standard InChI is InChI=1S/C13H20IN3O2.ClH/c14-10-8-12(16-9-10)13(18)17-5-2-11(3-6-17)19-7-1-4-15;/h8-9,11,16H,1-7,15H2;1H. The summed E-state index contributed by atoms with van der Waals surface area (Å²) in [5.74, 6) is 0.0864. The largest absolute Gasteiger partial charge is 0.378 e. The zero-order chi connectivity index (χ0) is 13.7. The third kappa shape index (κ3) is 4.91. The number of nitrogens with two attached hydrogens (primary N) is 1. The van der Waals surface area contributed by atoms with Crippen molar-refractivity contribution in [2.75, 3.05) is 26.2 Å². The Morgan fingerprint density at radius 3 is 2.75 bits per heavy atom. The van der Waals surface area contributed by atoms with E-state index in [1.807, 2.05) is 17.2 Å². The topological polar surface area (TPSA) is 71.3 Å². The van der Waals surface area contributed by atoms with Gasteiger partial charge in [0.05, 0.1) is 6.10 Å². The Balaban J connectivity index is 0.00000200. The van der Waals surface area contributed by atoms with E-state index in [-0.39, 0.29) is 24.4 Å². The molecule has 114 valence electrons. The number of rotatable bonds is 5. The van der Waals surface area contributed by atoms with Gasteiger partial charge in [0, 0.05) is 29.5 Å². The quantitative estimate of drug-likeness (QED) is 0.573. The van der Waals surface area contributed by atoms with Crippen molar-refractivity contribution in [3.8, 4) is 0 Å². The fraction of sp³-hybridized carbons (Fsp3) is 0.615. The summed E-state index contributed by atoms with van der Waals surface area (Å²) in [6.45, 7) is 2.93. The van der Waals surface area contributed by atoms with Crippen LogP contribution in [0.1, 0.15) is 29.8 Å². The second kappa shape index (κ2) is 8.86. The molecule has 7 heteroatoms. The first-order valence-electron chi connectivity index (χ1n) is 6.65. The lowest BCUT2D eigenvalue weighted by Gasteiger charge is -2.31. The summed E-state index contributed by atoms with van der Waals surface area (Å²) in [6, 6.07) is 1.88. The molecule has 3 N–H and O–H groups in total. The first-order chi connectivity index (χ1) is 9.20. The highest BCUT2D eigenvalue weighted by Crippen LogP contribution is 2.17. The lowest BCUT2D eigenvalue weighted by molar-refractivity contribution is 0.00831. The summed E-state index contributed by atoms with van der Waals surface area (Å²) in [4.78, 5) is 17.1. The van der Waals surface area contributed by atoms with Gasteiger partial charge in [0.25, 0.3) is 5.91 Å². The van der Waals surface area contributed by atoms with Crippen molar-refractivity contribution >= 4 is 40.9 Å². The first kappa shape index (κ1) is 17.7. The molecule has 1 aromatic rings. The lowest BCUT2D eigenvalue weighted by Crippen LogP contribution is -2.41. The van der Waals surface area contributed by atoms with Crippen molar-refractivity contribution in [1.29, 1.82) is 0 Å². The Labute approximate surface area is 139 Å². The second-order valence-electron chi connectivity index (χ2n) is 4.74. The van der Waals surface area contributed by atoms with Crippen LogP contribution in [0.5, 0.6) is 0 Å². The Kier molecular flexibility index (Phi) is 7.86. The second-order valence-corrected chi connectivity index (χ2v) is 5.98. The van der Waals surface area contributed by atoms with Gasteiger partial charge >= 0.3 is 0 Å². The highest BCUT2D eigenvalue weighted by molar-refractivity contribution is 14.1. The predicted molar refractivity (Wildman–Crippen MR) is 89.3 cm³/mol. The van der Waals surface area contributed by atoms with Crippen LogP contribution in [0.15, 0.2) is 12.3 Å². The van der Waals surface area contributed by atoms with Crippen molar-refractivity contribution < 1.29 is 9.53 Å². The maximum absolute atomic E-state index is 12.2. The molecule has 0 saturated carbocycles. The van der Waals surface area contributed by atoms with Gasteiger partial charge < -0.3 is 20.4 Å². The number of aromatic amines is 1. The van der Waals surface area contributed by atoms with Crippen LogP contribution >= 0.6 is 35.0 Å². The van der Waals surface area contributed by atoms with Crippen LogP contribution in [0, 0.1) is 3.57 Å². The van der Waals surface area contributed by atoms with Crippen molar-refractivity contribution in [1.82, 2.24) is 9.88 Å². The van der Waals surface area contributed by atoms with Gasteiger partial charge in [-0.05, 0) is 54.5 Å². The average molecular weight is 414 g/mol. The number of likely N-dealkylation sites (tertiary alicyclic amines) is 1.